The summed E-state index contributed by atoms with van der Waals surface area (Å²) in [4.78, 5) is 21.8. The Morgan fingerprint density at radius 2 is 1.89 bits per heavy atom. The number of halogens is 1. The normalized spacial score (nSPS) is 20.5. The molecule has 0 N–H and O–H groups in total. The zero-order valence-corrected chi connectivity index (χ0v) is 16.0. The molecule has 0 amide bonds. The van der Waals surface area contributed by atoms with Crippen molar-refractivity contribution in [2.24, 2.45) is 5.28 Å². The Morgan fingerprint density at radius 3 is 2.59 bits per heavy atom. The van der Waals surface area contributed by atoms with E-state index < -0.39 is 6.04 Å². The lowest BCUT2D eigenvalue weighted by molar-refractivity contribution is -0.539. The quantitative estimate of drug-likeness (QED) is 0.757. The van der Waals surface area contributed by atoms with Crippen LogP contribution in [0.3, 0.4) is 0 Å². The molecule has 140 valence electrons. The highest BCUT2D eigenvalue weighted by Gasteiger charge is 2.43. The van der Waals surface area contributed by atoms with Gasteiger partial charge in [-0.25, -0.2) is 4.79 Å². The lowest BCUT2D eigenvalue weighted by Gasteiger charge is -2.36. The molecule has 2 heterocycles. The monoisotopic (exact) mass is 385 g/mol. The molecule has 0 aliphatic carbocycles. The highest BCUT2D eigenvalue weighted by molar-refractivity contribution is 6.30. The molecule has 0 spiro atoms. The second kappa shape index (κ2) is 7.66. The first kappa shape index (κ1) is 17.9. The van der Waals surface area contributed by atoms with E-state index >= 15 is 0 Å². The Hall–Kier alpha value is -2.44. The fraction of sp³-hybridized carbons (Fsp3) is 0.350. The van der Waals surface area contributed by atoms with Gasteiger partial charge in [-0.1, -0.05) is 35.4 Å². The number of hydrogen-bond acceptors (Lipinski definition) is 5. The van der Waals surface area contributed by atoms with Gasteiger partial charge >= 0.3 is 5.97 Å². The number of carbonyl (C=O) groups is 1. The van der Waals surface area contributed by atoms with Crippen molar-refractivity contribution < 1.29 is 14.3 Å². The van der Waals surface area contributed by atoms with Crippen LogP contribution in [0.5, 0.6) is 0 Å². The molecule has 6 nitrogen and oxygen atoms in total. The van der Waals surface area contributed by atoms with Crippen molar-refractivity contribution in [3.8, 4) is 0 Å². The van der Waals surface area contributed by atoms with Gasteiger partial charge in [0, 0.05) is 49.0 Å². The number of hydrogen-bond donors (Lipinski definition) is 0. The summed E-state index contributed by atoms with van der Waals surface area (Å²) >= 11 is 6.10. The number of nitrogens with zero attached hydrogens (tertiary/aromatic N) is 4. The SMILES string of the molecule is Cc1ccc([N+]2=NOC(=O)C2CN2CCN(c3cccc(Cl)c3)CC2)cc1. The number of benzene rings is 2. The largest absolute Gasteiger partial charge is 0.412 e. The number of carbonyl (C=O) groups excluding carboxylic acids is 1. The minimum Gasteiger partial charge on any atom is -0.369 e. The zero-order valence-electron chi connectivity index (χ0n) is 15.2. The molecule has 0 aromatic heterocycles. The predicted octanol–water partition coefficient (Wildman–Crippen LogP) is 3.41. The van der Waals surface area contributed by atoms with Gasteiger partial charge in [0.15, 0.2) is 0 Å². The van der Waals surface area contributed by atoms with E-state index in [0.717, 1.165) is 42.6 Å². The summed E-state index contributed by atoms with van der Waals surface area (Å²) in [5, 5.41) is 4.72. The molecule has 1 unspecified atom stereocenters. The Labute approximate surface area is 163 Å². The van der Waals surface area contributed by atoms with E-state index in [-0.39, 0.29) is 5.97 Å². The van der Waals surface area contributed by atoms with Gasteiger partial charge in [-0.3, -0.25) is 9.74 Å². The summed E-state index contributed by atoms with van der Waals surface area (Å²) < 4.78 is 1.69. The standard InChI is InChI=1S/C20H22ClN4O2/c1-15-5-7-17(8-6-15)25-19(20(26)27-22-25)14-23-9-11-24(12-10-23)18-4-2-3-16(21)13-18/h2-8,13,19H,9-12,14H2,1H3/q+1. The lowest BCUT2D eigenvalue weighted by Crippen LogP contribution is -2.50. The van der Waals surface area contributed by atoms with E-state index in [1.54, 1.807) is 4.70 Å². The highest BCUT2D eigenvalue weighted by atomic mass is 35.5. The topological polar surface area (TPSA) is 48.2 Å². The van der Waals surface area contributed by atoms with Gasteiger partial charge in [0.05, 0.1) is 6.54 Å². The van der Waals surface area contributed by atoms with Crippen LogP contribution in [0, 0.1) is 6.92 Å². The molecular formula is C20H22ClN4O2+. The van der Waals surface area contributed by atoms with Crippen LogP contribution >= 0.6 is 11.6 Å². The molecule has 1 atom stereocenters. The van der Waals surface area contributed by atoms with Gasteiger partial charge < -0.3 is 4.90 Å². The molecule has 4 rings (SSSR count). The van der Waals surface area contributed by atoms with Crippen molar-refractivity contribution in [1.29, 1.82) is 0 Å². The molecule has 7 heteroatoms. The van der Waals surface area contributed by atoms with E-state index in [9.17, 15) is 4.79 Å². The smallest absolute Gasteiger partial charge is 0.369 e. The van der Waals surface area contributed by atoms with Crippen LogP contribution < -0.4 is 4.90 Å². The van der Waals surface area contributed by atoms with E-state index in [1.807, 2.05) is 49.4 Å². The van der Waals surface area contributed by atoms with Gasteiger partial charge in [-0.15, -0.1) is 0 Å². The number of anilines is 1. The average Bonchev–Trinajstić information content (AvgIpc) is 3.03. The third kappa shape index (κ3) is 3.96. The van der Waals surface area contributed by atoms with Crippen molar-refractivity contribution in [3.05, 3.63) is 59.1 Å². The first-order valence-corrected chi connectivity index (χ1v) is 9.48. The summed E-state index contributed by atoms with van der Waals surface area (Å²) in [5.41, 5.74) is 3.17. The van der Waals surface area contributed by atoms with Crippen LogP contribution in [0.1, 0.15) is 5.56 Å². The Bertz CT molecular complexity index is 861. The Kier molecular flexibility index (Phi) is 5.09. The zero-order chi connectivity index (χ0) is 18.8. The van der Waals surface area contributed by atoms with Gasteiger partial charge in [-0.2, -0.15) is 0 Å². The van der Waals surface area contributed by atoms with Crippen molar-refractivity contribution >= 4 is 28.9 Å². The van der Waals surface area contributed by atoms with Crippen LogP contribution in [0.15, 0.2) is 53.8 Å². The molecule has 1 fully saturated rings. The van der Waals surface area contributed by atoms with Crippen LogP contribution in [-0.2, 0) is 9.63 Å². The lowest BCUT2D eigenvalue weighted by atomic mass is 10.2. The van der Waals surface area contributed by atoms with Gasteiger partial charge in [-0.05, 0) is 29.8 Å². The van der Waals surface area contributed by atoms with Gasteiger partial charge in [0.25, 0.3) is 6.04 Å². The maximum absolute atomic E-state index is 12.2. The van der Waals surface area contributed by atoms with Gasteiger partial charge in [0.2, 0.25) is 11.0 Å². The summed E-state index contributed by atoms with van der Waals surface area (Å²) in [6, 6.07) is 15.5. The number of aryl methyl sites for hydroxylation is 1. The van der Waals surface area contributed by atoms with Crippen LogP contribution in [0.4, 0.5) is 11.4 Å². The molecule has 2 aromatic rings. The van der Waals surface area contributed by atoms with Crippen molar-refractivity contribution in [2.45, 2.75) is 13.0 Å². The molecule has 2 aliphatic heterocycles. The second-order valence-corrected chi connectivity index (χ2v) is 7.39. The number of piperazine rings is 1. The average molecular weight is 386 g/mol. The van der Waals surface area contributed by atoms with Crippen LogP contribution in [-0.4, -0.2) is 54.3 Å². The van der Waals surface area contributed by atoms with Crippen LogP contribution in [0.2, 0.25) is 5.02 Å². The molecule has 0 bridgehead atoms. The summed E-state index contributed by atoms with van der Waals surface area (Å²) in [6.45, 7) is 6.16. The Morgan fingerprint density at radius 1 is 1.15 bits per heavy atom. The Balaban J connectivity index is 1.40. The van der Waals surface area contributed by atoms with E-state index in [2.05, 4.69) is 21.1 Å². The van der Waals surface area contributed by atoms with Crippen molar-refractivity contribution in [3.63, 3.8) is 0 Å². The first-order valence-electron chi connectivity index (χ1n) is 9.11. The molecule has 1 saturated heterocycles. The summed E-state index contributed by atoms with van der Waals surface area (Å²) in [6.07, 6.45) is 0. The fourth-order valence-corrected chi connectivity index (χ4v) is 3.67. The van der Waals surface area contributed by atoms with E-state index in [0.29, 0.717) is 6.54 Å². The molecule has 2 aromatic carbocycles. The van der Waals surface area contributed by atoms with E-state index in [1.165, 1.54) is 5.56 Å². The number of rotatable bonds is 4. The molecule has 0 radical (unpaired) electrons. The predicted molar refractivity (Wildman–Crippen MR) is 104 cm³/mol. The molecule has 27 heavy (non-hydrogen) atoms. The fourth-order valence-electron chi connectivity index (χ4n) is 3.48. The second-order valence-electron chi connectivity index (χ2n) is 6.96. The summed E-state index contributed by atoms with van der Waals surface area (Å²) in [7, 11) is 0. The minimum atomic E-state index is -0.412. The maximum atomic E-state index is 12.2. The van der Waals surface area contributed by atoms with Crippen molar-refractivity contribution in [1.82, 2.24) is 4.90 Å². The first-order chi connectivity index (χ1) is 13.1. The summed E-state index contributed by atoms with van der Waals surface area (Å²) in [5.74, 6) is -0.298. The third-order valence-corrected chi connectivity index (χ3v) is 5.30. The van der Waals surface area contributed by atoms with E-state index in [4.69, 9.17) is 16.4 Å². The molecule has 2 aliphatic rings. The molecular weight excluding hydrogens is 364 g/mol. The maximum Gasteiger partial charge on any atom is 0.412 e. The third-order valence-electron chi connectivity index (χ3n) is 5.06. The highest BCUT2D eigenvalue weighted by Crippen LogP contribution is 2.23. The minimum absolute atomic E-state index is 0.298. The molecule has 0 saturated carbocycles. The van der Waals surface area contributed by atoms with Crippen molar-refractivity contribution in [2.75, 3.05) is 37.6 Å². The van der Waals surface area contributed by atoms with Crippen LogP contribution in [0.25, 0.3) is 0 Å². The van der Waals surface area contributed by atoms with Gasteiger partial charge in [0.1, 0.15) is 0 Å².